The standard InChI is InChI=1S/C18H16N4O6S/c1-29(26,27)18-19-7-11-8-21(5-4-15(11)20-18)9-12-10-28-16-3-2-13(22(24)25)6-14(16)17(12)23/h2-3,6-7,10H,4-5,8-9H2,1H3. The van der Waals surface area contributed by atoms with E-state index < -0.39 is 14.8 Å². The molecule has 1 aromatic carbocycles. The van der Waals surface area contributed by atoms with Crippen LogP contribution in [0.5, 0.6) is 0 Å². The van der Waals surface area contributed by atoms with E-state index in [-0.39, 0.29) is 33.8 Å². The van der Waals surface area contributed by atoms with Gasteiger partial charge in [-0.05, 0) is 6.07 Å². The maximum atomic E-state index is 12.8. The summed E-state index contributed by atoms with van der Waals surface area (Å²) in [4.78, 5) is 33.2. The second-order valence-corrected chi connectivity index (χ2v) is 8.79. The number of hydrogen-bond acceptors (Lipinski definition) is 9. The lowest BCUT2D eigenvalue weighted by Crippen LogP contribution is -2.32. The second-order valence-electron chi connectivity index (χ2n) is 6.88. The molecule has 0 amide bonds. The molecule has 150 valence electrons. The van der Waals surface area contributed by atoms with Crippen LogP contribution >= 0.6 is 0 Å². The van der Waals surface area contributed by atoms with Crippen molar-refractivity contribution in [3.05, 3.63) is 67.8 Å². The Bertz CT molecular complexity index is 1300. The largest absolute Gasteiger partial charge is 0.464 e. The molecule has 0 N–H and O–H groups in total. The highest BCUT2D eigenvalue weighted by Crippen LogP contribution is 2.22. The van der Waals surface area contributed by atoms with Gasteiger partial charge in [-0.15, -0.1) is 0 Å². The first-order valence-electron chi connectivity index (χ1n) is 8.68. The van der Waals surface area contributed by atoms with E-state index in [2.05, 4.69) is 9.97 Å². The van der Waals surface area contributed by atoms with Gasteiger partial charge in [-0.3, -0.25) is 19.8 Å². The fourth-order valence-electron chi connectivity index (χ4n) is 3.29. The Morgan fingerprint density at radius 3 is 2.86 bits per heavy atom. The van der Waals surface area contributed by atoms with Crippen molar-refractivity contribution < 1.29 is 17.8 Å². The van der Waals surface area contributed by atoms with E-state index in [1.165, 1.54) is 30.7 Å². The van der Waals surface area contributed by atoms with Gasteiger partial charge >= 0.3 is 0 Å². The molecule has 0 saturated heterocycles. The van der Waals surface area contributed by atoms with Crippen molar-refractivity contribution in [3.8, 4) is 0 Å². The van der Waals surface area contributed by atoms with E-state index >= 15 is 0 Å². The Labute approximate surface area is 164 Å². The highest BCUT2D eigenvalue weighted by Gasteiger charge is 2.22. The Morgan fingerprint density at radius 1 is 1.34 bits per heavy atom. The summed E-state index contributed by atoms with van der Waals surface area (Å²) in [6.45, 7) is 1.31. The third kappa shape index (κ3) is 3.74. The molecular weight excluding hydrogens is 400 g/mol. The number of nitrogens with zero attached hydrogens (tertiary/aromatic N) is 4. The molecule has 1 aliphatic heterocycles. The molecule has 0 aliphatic carbocycles. The summed E-state index contributed by atoms with van der Waals surface area (Å²) in [6.07, 6.45) is 4.45. The number of sulfone groups is 1. The number of nitro benzene ring substituents is 1. The molecule has 0 radical (unpaired) electrons. The van der Waals surface area contributed by atoms with E-state index in [0.29, 0.717) is 30.8 Å². The SMILES string of the molecule is CS(=O)(=O)c1ncc2c(n1)CCN(Cc1coc3ccc([N+](=O)[O-])cc3c1=O)C2. The average molecular weight is 416 g/mol. The van der Waals surface area contributed by atoms with Gasteiger partial charge in [-0.1, -0.05) is 0 Å². The predicted molar refractivity (Wildman–Crippen MR) is 102 cm³/mol. The molecule has 3 aromatic rings. The van der Waals surface area contributed by atoms with Crippen LogP contribution in [0.1, 0.15) is 16.8 Å². The second kappa shape index (κ2) is 7.01. The lowest BCUT2D eigenvalue weighted by molar-refractivity contribution is -0.384. The molecule has 1 aliphatic rings. The summed E-state index contributed by atoms with van der Waals surface area (Å²) in [5.41, 5.74) is 1.66. The van der Waals surface area contributed by atoms with Gasteiger partial charge in [-0.2, -0.15) is 0 Å². The molecule has 4 rings (SSSR count). The molecule has 0 spiro atoms. The van der Waals surface area contributed by atoms with Crippen LogP contribution in [0, 0.1) is 10.1 Å². The lowest BCUT2D eigenvalue weighted by atomic mass is 10.1. The van der Waals surface area contributed by atoms with Gasteiger partial charge in [0.1, 0.15) is 5.58 Å². The van der Waals surface area contributed by atoms with E-state index in [0.717, 1.165) is 11.8 Å². The topological polar surface area (TPSA) is 137 Å². The first kappa shape index (κ1) is 19.2. The van der Waals surface area contributed by atoms with E-state index in [4.69, 9.17) is 4.42 Å². The van der Waals surface area contributed by atoms with Gasteiger partial charge in [0.15, 0.2) is 5.43 Å². The van der Waals surface area contributed by atoms with Crippen LogP contribution in [-0.4, -0.2) is 41.0 Å². The first-order valence-corrected chi connectivity index (χ1v) is 10.6. The van der Waals surface area contributed by atoms with Crippen molar-refractivity contribution in [2.24, 2.45) is 0 Å². The van der Waals surface area contributed by atoms with Crippen LogP contribution in [0.2, 0.25) is 0 Å². The van der Waals surface area contributed by atoms with E-state index in [1.807, 2.05) is 4.90 Å². The predicted octanol–water partition coefficient (Wildman–Crippen LogP) is 1.45. The summed E-state index contributed by atoms with van der Waals surface area (Å²) >= 11 is 0. The number of nitro groups is 1. The zero-order valence-electron chi connectivity index (χ0n) is 15.4. The number of fused-ring (bicyclic) bond motifs is 2. The summed E-state index contributed by atoms with van der Waals surface area (Å²) in [5, 5.41) is 10.9. The van der Waals surface area contributed by atoms with Crippen LogP contribution < -0.4 is 5.43 Å². The van der Waals surface area contributed by atoms with Gasteiger partial charge in [-0.25, -0.2) is 18.4 Å². The zero-order chi connectivity index (χ0) is 20.8. The summed E-state index contributed by atoms with van der Waals surface area (Å²) < 4.78 is 28.7. The molecule has 29 heavy (non-hydrogen) atoms. The van der Waals surface area contributed by atoms with Crippen molar-refractivity contribution in [2.75, 3.05) is 12.8 Å². The number of benzene rings is 1. The van der Waals surface area contributed by atoms with Crippen molar-refractivity contribution in [3.63, 3.8) is 0 Å². The van der Waals surface area contributed by atoms with Gasteiger partial charge < -0.3 is 4.42 Å². The maximum absolute atomic E-state index is 12.8. The van der Waals surface area contributed by atoms with Gasteiger partial charge in [0.25, 0.3) is 5.69 Å². The summed E-state index contributed by atoms with van der Waals surface area (Å²) in [7, 11) is -3.47. The third-order valence-corrected chi connectivity index (χ3v) is 5.61. The van der Waals surface area contributed by atoms with E-state index in [9.17, 15) is 23.3 Å². The van der Waals surface area contributed by atoms with Gasteiger partial charge in [0, 0.05) is 61.8 Å². The van der Waals surface area contributed by atoms with E-state index in [1.54, 1.807) is 0 Å². The van der Waals surface area contributed by atoms with Crippen LogP contribution in [0.25, 0.3) is 11.0 Å². The summed E-state index contributed by atoms with van der Waals surface area (Å²) in [5.74, 6) is 0. The third-order valence-electron chi connectivity index (χ3n) is 4.75. The minimum atomic E-state index is -3.47. The minimum Gasteiger partial charge on any atom is -0.464 e. The van der Waals surface area contributed by atoms with Crippen molar-refractivity contribution in [1.29, 1.82) is 0 Å². The van der Waals surface area contributed by atoms with Gasteiger partial charge in [0.2, 0.25) is 15.0 Å². The molecule has 2 aromatic heterocycles. The zero-order valence-corrected chi connectivity index (χ0v) is 16.2. The number of hydrogen-bond donors (Lipinski definition) is 0. The molecule has 0 fully saturated rings. The summed E-state index contributed by atoms with van der Waals surface area (Å²) in [6, 6.07) is 3.92. The molecule has 0 atom stereocenters. The van der Waals surface area contributed by atoms with Crippen LogP contribution in [0.3, 0.4) is 0 Å². The number of rotatable bonds is 4. The fourth-order valence-corrected chi connectivity index (χ4v) is 3.81. The Kier molecular flexibility index (Phi) is 4.63. The average Bonchev–Trinajstić information content (AvgIpc) is 2.68. The molecular formula is C18H16N4O6S. The normalized spacial score (nSPS) is 14.7. The highest BCUT2D eigenvalue weighted by atomic mass is 32.2. The molecule has 0 bridgehead atoms. The maximum Gasteiger partial charge on any atom is 0.270 e. The van der Waals surface area contributed by atoms with Gasteiger partial charge in [0.05, 0.1) is 22.3 Å². The Hall–Kier alpha value is -3.18. The Morgan fingerprint density at radius 2 is 2.14 bits per heavy atom. The quantitative estimate of drug-likeness (QED) is 0.351. The van der Waals surface area contributed by atoms with Crippen LogP contribution in [-0.2, 0) is 29.3 Å². The molecule has 0 unspecified atom stereocenters. The van der Waals surface area contributed by atoms with Crippen molar-refractivity contribution in [1.82, 2.24) is 14.9 Å². The monoisotopic (exact) mass is 416 g/mol. The smallest absolute Gasteiger partial charge is 0.270 e. The number of aromatic nitrogens is 2. The fraction of sp³-hybridized carbons (Fsp3) is 0.278. The highest BCUT2D eigenvalue weighted by molar-refractivity contribution is 7.90. The molecule has 0 saturated carbocycles. The molecule has 11 heteroatoms. The van der Waals surface area contributed by atoms with Crippen LogP contribution in [0.15, 0.2) is 45.0 Å². The lowest BCUT2D eigenvalue weighted by Gasteiger charge is -2.27. The molecule has 3 heterocycles. The molecule has 10 nitrogen and oxygen atoms in total. The first-order chi connectivity index (χ1) is 13.7. The number of non-ortho nitro benzene ring substituents is 1. The van der Waals surface area contributed by atoms with Crippen molar-refractivity contribution in [2.45, 2.75) is 24.7 Å². The van der Waals surface area contributed by atoms with Crippen LogP contribution in [0.4, 0.5) is 5.69 Å². The minimum absolute atomic E-state index is 0.162. The Balaban J connectivity index is 1.60. The van der Waals surface area contributed by atoms with Crippen molar-refractivity contribution >= 4 is 26.5 Å².